The number of carbonyl (C=O) groups is 2. The van der Waals surface area contributed by atoms with E-state index in [1.165, 1.54) is 6.26 Å². The van der Waals surface area contributed by atoms with Gasteiger partial charge in [0.05, 0.1) is 6.26 Å². The van der Waals surface area contributed by atoms with Gasteiger partial charge in [0.25, 0.3) is 11.8 Å². The number of furan rings is 1. The molecule has 132 valence electrons. The van der Waals surface area contributed by atoms with E-state index in [2.05, 4.69) is 5.32 Å². The minimum absolute atomic E-state index is 0.00471. The highest BCUT2D eigenvalue weighted by atomic mass is 16.3. The van der Waals surface area contributed by atoms with Crippen LogP contribution in [0.25, 0.3) is 0 Å². The van der Waals surface area contributed by atoms with Crippen molar-refractivity contribution in [2.45, 2.75) is 31.9 Å². The summed E-state index contributed by atoms with van der Waals surface area (Å²) >= 11 is 0. The van der Waals surface area contributed by atoms with Crippen LogP contribution in [0.15, 0.2) is 47.1 Å². The van der Waals surface area contributed by atoms with E-state index in [1.54, 1.807) is 35.2 Å². The number of hydrogen-bond donors (Lipinski definition) is 2. The Morgan fingerprint density at radius 1 is 1.20 bits per heavy atom. The monoisotopic (exact) mass is 342 g/mol. The molecule has 0 bridgehead atoms. The van der Waals surface area contributed by atoms with Crippen LogP contribution in [0.4, 0.5) is 0 Å². The number of nitrogens with zero attached hydrogens (tertiary/aromatic N) is 1. The summed E-state index contributed by atoms with van der Waals surface area (Å²) in [6.45, 7) is 2.83. The zero-order chi connectivity index (χ0) is 17.8. The van der Waals surface area contributed by atoms with E-state index in [0.29, 0.717) is 37.3 Å². The van der Waals surface area contributed by atoms with Crippen molar-refractivity contribution in [2.75, 3.05) is 13.1 Å². The van der Waals surface area contributed by atoms with E-state index in [0.717, 1.165) is 5.56 Å². The molecule has 1 atom stereocenters. The van der Waals surface area contributed by atoms with Crippen molar-refractivity contribution >= 4 is 11.8 Å². The Bertz CT molecular complexity index is 733. The quantitative estimate of drug-likeness (QED) is 0.891. The zero-order valence-corrected chi connectivity index (χ0v) is 14.1. The molecule has 6 heteroatoms. The summed E-state index contributed by atoms with van der Waals surface area (Å²) in [4.78, 5) is 26.3. The number of rotatable bonds is 4. The molecule has 0 spiro atoms. The molecule has 2 heterocycles. The van der Waals surface area contributed by atoms with Crippen molar-refractivity contribution < 1.29 is 19.1 Å². The van der Waals surface area contributed by atoms with E-state index in [1.807, 2.05) is 13.0 Å². The average Bonchev–Trinajstić information content (AvgIpc) is 3.08. The molecule has 0 radical (unpaired) electrons. The highest BCUT2D eigenvalue weighted by Crippen LogP contribution is 2.19. The van der Waals surface area contributed by atoms with Crippen LogP contribution in [0.5, 0.6) is 0 Å². The smallest absolute Gasteiger partial charge is 0.287 e. The number of aryl methyl sites for hydroxylation is 1. The summed E-state index contributed by atoms with van der Waals surface area (Å²) in [6.07, 6.45) is 1.66. The summed E-state index contributed by atoms with van der Waals surface area (Å²) in [7, 11) is 0. The molecule has 6 nitrogen and oxygen atoms in total. The summed E-state index contributed by atoms with van der Waals surface area (Å²) in [6, 6.07) is 10.7. The lowest BCUT2D eigenvalue weighted by atomic mass is 10.0. The average molecular weight is 342 g/mol. The molecule has 1 aromatic carbocycles. The molecule has 1 aromatic heterocycles. The van der Waals surface area contributed by atoms with E-state index in [-0.39, 0.29) is 17.9 Å². The number of piperidine rings is 1. The Balaban J connectivity index is 1.52. The van der Waals surface area contributed by atoms with Gasteiger partial charge in [0.2, 0.25) is 0 Å². The van der Waals surface area contributed by atoms with Gasteiger partial charge in [-0.25, -0.2) is 0 Å². The first-order chi connectivity index (χ1) is 12.1. The molecule has 2 amide bonds. The lowest BCUT2D eigenvalue weighted by Gasteiger charge is -2.33. The van der Waals surface area contributed by atoms with Gasteiger partial charge >= 0.3 is 0 Å². The van der Waals surface area contributed by atoms with Gasteiger partial charge in [-0.2, -0.15) is 0 Å². The number of benzene rings is 1. The number of aliphatic hydroxyl groups excluding tert-OH is 1. The first-order valence-corrected chi connectivity index (χ1v) is 8.43. The SMILES string of the molecule is Cc1ccoc1C(=O)NC1CCN(C(=O)[C@H](O)c2ccccc2)CC1. The molecule has 25 heavy (non-hydrogen) atoms. The predicted molar refractivity (Wildman–Crippen MR) is 91.9 cm³/mol. The molecule has 2 aromatic rings. The molecule has 0 saturated carbocycles. The van der Waals surface area contributed by atoms with Gasteiger partial charge in [-0.3, -0.25) is 9.59 Å². The van der Waals surface area contributed by atoms with Crippen molar-refractivity contribution in [3.63, 3.8) is 0 Å². The summed E-state index contributed by atoms with van der Waals surface area (Å²) < 4.78 is 5.20. The van der Waals surface area contributed by atoms with E-state index in [9.17, 15) is 14.7 Å². The fraction of sp³-hybridized carbons (Fsp3) is 0.368. The van der Waals surface area contributed by atoms with Crippen molar-refractivity contribution in [3.8, 4) is 0 Å². The maximum atomic E-state index is 12.4. The normalized spacial score (nSPS) is 16.5. The molecule has 1 aliphatic rings. The Kier molecular flexibility index (Phi) is 5.19. The van der Waals surface area contributed by atoms with Gasteiger partial charge < -0.3 is 19.7 Å². The van der Waals surface area contributed by atoms with Crippen LogP contribution in [0.3, 0.4) is 0 Å². The Morgan fingerprint density at radius 3 is 2.48 bits per heavy atom. The third-order valence-corrected chi connectivity index (χ3v) is 4.56. The second kappa shape index (κ2) is 7.53. The van der Waals surface area contributed by atoms with Crippen LogP contribution >= 0.6 is 0 Å². The molecule has 1 fully saturated rings. The Morgan fingerprint density at radius 2 is 1.88 bits per heavy atom. The predicted octanol–water partition coefficient (Wildman–Crippen LogP) is 2.04. The highest BCUT2D eigenvalue weighted by Gasteiger charge is 2.29. The molecule has 0 aliphatic carbocycles. The van der Waals surface area contributed by atoms with Crippen molar-refractivity contribution in [2.24, 2.45) is 0 Å². The standard InChI is InChI=1S/C19H22N2O4/c1-13-9-12-25-17(13)18(23)20-15-7-10-21(11-8-15)19(24)16(22)14-5-3-2-4-6-14/h2-6,9,12,15-16,22H,7-8,10-11H2,1H3,(H,20,23)/t16-/m1/s1. The van der Waals surface area contributed by atoms with Crippen LogP contribution in [-0.2, 0) is 4.79 Å². The third-order valence-electron chi connectivity index (χ3n) is 4.56. The summed E-state index contributed by atoms with van der Waals surface area (Å²) in [5.41, 5.74) is 1.40. The molecule has 1 saturated heterocycles. The number of nitrogens with one attached hydrogen (secondary N) is 1. The summed E-state index contributed by atoms with van der Waals surface area (Å²) in [5.74, 6) is -0.188. The Hall–Kier alpha value is -2.60. The van der Waals surface area contributed by atoms with Gasteiger partial charge in [-0.15, -0.1) is 0 Å². The molecule has 0 unspecified atom stereocenters. The van der Waals surface area contributed by atoms with Crippen LogP contribution < -0.4 is 5.32 Å². The number of aliphatic hydroxyl groups is 1. The van der Waals surface area contributed by atoms with Crippen LogP contribution in [0, 0.1) is 6.92 Å². The van der Waals surface area contributed by atoms with Crippen LogP contribution in [-0.4, -0.2) is 41.0 Å². The molecule has 3 rings (SSSR count). The van der Waals surface area contributed by atoms with E-state index < -0.39 is 6.10 Å². The minimum atomic E-state index is -1.14. The largest absolute Gasteiger partial charge is 0.459 e. The highest BCUT2D eigenvalue weighted by molar-refractivity contribution is 5.93. The lowest BCUT2D eigenvalue weighted by Crippen LogP contribution is -2.47. The second-order valence-corrected chi connectivity index (χ2v) is 6.32. The molecule has 1 aliphatic heterocycles. The fourth-order valence-corrected chi connectivity index (χ4v) is 3.05. The first kappa shape index (κ1) is 17.2. The maximum Gasteiger partial charge on any atom is 0.287 e. The van der Waals surface area contributed by atoms with Crippen molar-refractivity contribution in [1.29, 1.82) is 0 Å². The Labute approximate surface area is 146 Å². The van der Waals surface area contributed by atoms with Gasteiger partial charge in [0, 0.05) is 24.7 Å². The first-order valence-electron chi connectivity index (χ1n) is 8.43. The van der Waals surface area contributed by atoms with Gasteiger partial charge in [0.15, 0.2) is 11.9 Å². The van der Waals surface area contributed by atoms with Crippen LogP contribution in [0.2, 0.25) is 0 Å². The molecular weight excluding hydrogens is 320 g/mol. The molecular formula is C19H22N2O4. The topological polar surface area (TPSA) is 82.8 Å². The lowest BCUT2D eigenvalue weighted by molar-refractivity contribution is -0.141. The van der Waals surface area contributed by atoms with Crippen molar-refractivity contribution in [1.82, 2.24) is 10.2 Å². The number of carbonyl (C=O) groups excluding carboxylic acids is 2. The van der Waals surface area contributed by atoms with Gasteiger partial charge in [-0.05, 0) is 31.4 Å². The number of hydrogen-bond acceptors (Lipinski definition) is 4. The fourth-order valence-electron chi connectivity index (χ4n) is 3.05. The zero-order valence-electron chi connectivity index (χ0n) is 14.1. The number of likely N-dealkylation sites (tertiary alicyclic amines) is 1. The third kappa shape index (κ3) is 3.91. The second-order valence-electron chi connectivity index (χ2n) is 6.32. The van der Waals surface area contributed by atoms with Gasteiger partial charge in [-0.1, -0.05) is 30.3 Å². The summed E-state index contributed by atoms with van der Waals surface area (Å²) in [5, 5.41) is 13.2. The van der Waals surface area contributed by atoms with Crippen molar-refractivity contribution in [3.05, 3.63) is 59.5 Å². The van der Waals surface area contributed by atoms with Crippen LogP contribution in [0.1, 0.15) is 40.6 Å². The van der Waals surface area contributed by atoms with Gasteiger partial charge in [0.1, 0.15) is 0 Å². The maximum absolute atomic E-state index is 12.4. The minimum Gasteiger partial charge on any atom is -0.459 e. The number of amides is 2. The van der Waals surface area contributed by atoms with E-state index in [4.69, 9.17) is 4.42 Å². The van der Waals surface area contributed by atoms with E-state index >= 15 is 0 Å². The molecule has 2 N–H and O–H groups in total.